The van der Waals surface area contributed by atoms with E-state index in [1.165, 1.54) is 11.3 Å². The Bertz CT molecular complexity index is 551. The number of rotatable bonds is 1. The Morgan fingerprint density at radius 3 is 3.00 bits per heavy atom. The molecule has 0 saturated heterocycles. The first kappa shape index (κ1) is 8.11. The van der Waals surface area contributed by atoms with E-state index >= 15 is 0 Å². The summed E-state index contributed by atoms with van der Waals surface area (Å²) in [5, 5.41) is 4.74. The lowest BCUT2D eigenvalue weighted by molar-refractivity contribution is 0.800. The van der Waals surface area contributed by atoms with Gasteiger partial charge in [-0.2, -0.15) is 14.6 Å². The number of H-pyrrole nitrogens is 1. The van der Waals surface area contributed by atoms with Crippen LogP contribution in [0.1, 0.15) is 11.9 Å². The molecule has 13 heavy (non-hydrogen) atoms. The van der Waals surface area contributed by atoms with Crippen molar-refractivity contribution < 1.29 is 0 Å². The fourth-order valence-electron chi connectivity index (χ4n) is 0.928. The maximum absolute atomic E-state index is 11.1. The molecular formula is C6H6N4O2S. The minimum atomic E-state index is -0.628. The zero-order valence-corrected chi connectivity index (χ0v) is 7.59. The first-order valence-electron chi connectivity index (χ1n) is 3.70. The molecule has 2 rings (SSSR count). The van der Waals surface area contributed by atoms with Crippen molar-refractivity contribution in [3.8, 4) is 0 Å². The number of aryl methyl sites for hydroxylation is 1. The standard InChI is InChI=1S/C6H6N4O2S/c1-2-3-9-10-5(12)7-4(11)8-6(10)13-3/h2H2,1H3,(H,7,11,12). The summed E-state index contributed by atoms with van der Waals surface area (Å²) in [5.74, 6) is 0. The second-order valence-corrected chi connectivity index (χ2v) is 3.43. The Kier molecular flexibility index (Phi) is 1.73. The van der Waals surface area contributed by atoms with Crippen LogP contribution in [0.25, 0.3) is 4.96 Å². The van der Waals surface area contributed by atoms with Gasteiger partial charge < -0.3 is 0 Å². The average Bonchev–Trinajstić information content (AvgIpc) is 2.47. The molecule has 1 N–H and O–H groups in total. The van der Waals surface area contributed by atoms with Gasteiger partial charge in [-0.25, -0.2) is 9.59 Å². The highest BCUT2D eigenvalue weighted by molar-refractivity contribution is 7.16. The minimum Gasteiger partial charge on any atom is -0.256 e. The van der Waals surface area contributed by atoms with E-state index in [9.17, 15) is 9.59 Å². The van der Waals surface area contributed by atoms with Gasteiger partial charge in [0.05, 0.1) is 0 Å². The summed E-state index contributed by atoms with van der Waals surface area (Å²) in [5.41, 5.74) is -1.16. The third kappa shape index (κ3) is 1.26. The Hall–Kier alpha value is -1.50. The fourth-order valence-corrected chi connectivity index (χ4v) is 1.74. The molecule has 0 aliphatic rings. The van der Waals surface area contributed by atoms with Gasteiger partial charge in [-0.1, -0.05) is 18.3 Å². The van der Waals surface area contributed by atoms with Gasteiger partial charge in [0.25, 0.3) is 0 Å². The molecule has 2 aromatic heterocycles. The average molecular weight is 198 g/mol. The zero-order valence-electron chi connectivity index (χ0n) is 6.77. The number of fused-ring (bicyclic) bond motifs is 1. The molecule has 0 amide bonds. The van der Waals surface area contributed by atoms with Gasteiger partial charge in [-0.3, -0.25) is 4.98 Å². The van der Waals surface area contributed by atoms with Crippen molar-refractivity contribution in [2.75, 3.05) is 0 Å². The molecule has 6 nitrogen and oxygen atoms in total. The van der Waals surface area contributed by atoms with E-state index in [1.807, 2.05) is 11.9 Å². The molecule has 68 valence electrons. The summed E-state index contributed by atoms with van der Waals surface area (Å²) >= 11 is 1.25. The maximum atomic E-state index is 11.1. The van der Waals surface area contributed by atoms with E-state index < -0.39 is 11.4 Å². The van der Waals surface area contributed by atoms with Crippen LogP contribution in [0.3, 0.4) is 0 Å². The SMILES string of the molecule is CCc1nn2c(=O)[nH]c(=O)nc2s1. The summed E-state index contributed by atoms with van der Waals surface area (Å²) in [4.78, 5) is 27.9. The van der Waals surface area contributed by atoms with E-state index in [4.69, 9.17) is 0 Å². The summed E-state index contributed by atoms with van der Waals surface area (Å²) in [7, 11) is 0. The molecule has 2 aromatic rings. The van der Waals surface area contributed by atoms with Crippen molar-refractivity contribution in [1.29, 1.82) is 0 Å². The molecule has 2 heterocycles. The van der Waals surface area contributed by atoms with Crippen LogP contribution >= 0.6 is 11.3 Å². The van der Waals surface area contributed by atoms with E-state index in [0.717, 1.165) is 15.9 Å². The molecule has 0 bridgehead atoms. The highest BCUT2D eigenvalue weighted by Gasteiger charge is 2.05. The lowest BCUT2D eigenvalue weighted by Gasteiger charge is -1.84. The fraction of sp³-hybridized carbons (Fsp3) is 0.333. The monoisotopic (exact) mass is 198 g/mol. The number of hydrogen-bond acceptors (Lipinski definition) is 5. The van der Waals surface area contributed by atoms with Crippen LogP contribution in [0.5, 0.6) is 0 Å². The lowest BCUT2D eigenvalue weighted by Crippen LogP contribution is -2.27. The molecule has 0 aliphatic carbocycles. The molecule has 0 radical (unpaired) electrons. The molecule has 0 atom stereocenters. The molecule has 0 spiro atoms. The Morgan fingerprint density at radius 2 is 2.31 bits per heavy atom. The highest BCUT2D eigenvalue weighted by atomic mass is 32.1. The molecule has 0 saturated carbocycles. The highest BCUT2D eigenvalue weighted by Crippen LogP contribution is 2.08. The predicted octanol–water partition coefficient (Wildman–Crippen LogP) is -0.598. The van der Waals surface area contributed by atoms with Gasteiger partial charge in [-0.05, 0) is 6.42 Å². The zero-order chi connectivity index (χ0) is 9.42. The van der Waals surface area contributed by atoms with E-state index in [1.54, 1.807) is 0 Å². The van der Waals surface area contributed by atoms with Crippen molar-refractivity contribution in [1.82, 2.24) is 19.6 Å². The summed E-state index contributed by atoms with van der Waals surface area (Å²) < 4.78 is 1.10. The van der Waals surface area contributed by atoms with Gasteiger partial charge in [0, 0.05) is 0 Å². The third-order valence-corrected chi connectivity index (χ3v) is 2.56. The summed E-state index contributed by atoms with van der Waals surface area (Å²) in [6, 6.07) is 0. The molecule has 0 fully saturated rings. The van der Waals surface area contributed by atoms with Crippen molar-refractivity contribution in [3.05, 3.63) is 26.0 Å². The van der Waals surface area contributed by atoms with Crippen LogP contribution in [0.4, 0.5) is 0 Å². The third-order valence-electron chi connectivity index (χ3n) is 1.51. The van der Waals surface area contributed by atoms with E-state index in [0.29, 0.717) is 4.96 Å². The summed E-state index contributed by atoms with van der Waals surface area (Å²) in [6.45, 7) is 1.92. The minimum absolute atomic E-state index is 0.339. The van der Waals surface area contributed by atoms with Crippen LogP contribution < -0.4 is 11.4 Å². The van der Waals surface area contributed by atoms with Crippen LogP contribution in [0, 0.1) is 0 Å². The number of nitrogens with one attached hydrogen (secondary N) is 1. The molecule has 7 heteroatoms. The molecule has 0 unspecified atom stereocenters. The van der Waals surface area contributed by atoms with Crippen molar-refractivity contribution in [3.63, 3.8) is 0 Å². The normalized spacial score (nSPS) is 10.8. The van der Waals surface area contributed by atoms with Crippen LogP contribution in [-0.4, -0.2) is 19.6 Å². The van der Waals surface area contributed by atoms with Crippen molar-refractivity contribution in [2.24, 2.45) is 0 Å². The smallest absolute Gasteiger partial charge is 0.256 e. The van der Waals surface area contributed by atoms with E-state index in [2.05, 4.69) is 10.1 Å². The summed E-state index contributed by atoms with van der Waals surface area (Å²) in [6.07, 6.45) is 0.724. The van der Waals surface area contributed by atoms with Crippen LogP contribution in [0.15, 0.2) is 9.59 Å². The van der Waals surface area contributed by atoms with Crippen molar-refractivity contribution >= 4 is 16.3 Å². The number of aromatic amines is 1. The Labute approximate surface area is 75.9 Å². The first-order chi connectivity index (χ1) is 6.20. The molecular weight excluding hydrogens is 192 g/mol. The number of nitrogens with zero attached hydrogens (tertiary/aromatic N) is 3. The number of aromatic nitrogens is 4. The molecule has 0 aliphatic heterocycles. The second kappa shape index (κ2) is 2.77. The van der Waals surface area contributed by atoms with Crippen LogP contribution in [-0.2, 0) is 6.42 Å². The predicted molar refractivity (Wildman–Crippen MR) is 47.1 cm³/mol. The topological polar surface area (TPSA) is 80.1 Å². The van der Waals surface area contributed by atoms with Gasteiger partial charge in [0.1, 0.15) is 5.01 Å². The number of hydrogen-bond donors (Lipinski definition) is 1. The van der Waals surface area contributed by atoms with Gasteiger partial charge in [0.2, 0.25) is 4.96 Å². The Morgan fingerprint density at radius 1 is 1.54 bits per heavy atom. The van der Waals surface area contributed by atoms with Gasteiger partial charge >= 0.3 is 11.4 Å². The Balaban J connectivity index is 2.91. The maximum Gasteiger partial charge on any atom is 0.352 e. The van der Waals surface area contributed by atoms with Crippen molar-refractivity contribution in [2.45, 2.75) is 13.3 Å². The lowest BCUT2D eigenvalue weighted by atomic mass is 10.5. The largest absolute Gasteiger partial charge is 0.352 e. The van der Waals surface area contributed by atoms with Gasteiger partial charge in [-0.15, -0.1) is 0 Å². The van der Waals surface area contributed by atoms with Crippen LogP contribution in [0.2, 0.25) is 0 Å². The second-order valence-electron chi connectivity index (χ2n) is 2.39. The van der Waals surface area contributed by atoms with Gasteiger partial charge in [0.15, 0.2) is 0 Å². The first-order valence-corrected chi connectivity index (χ1v) is 4.51. The molecule has 0 aromatic carbocycles. The van der Waals surface area contributed by atoms with E-state index in [-0.39, 0.29) is 0 Å². The quantitative estimate of drug-likeness (QED) is 0.663.